The van der Waals surface area contributed by atoms with Crippen LogP contribution in [0.3, 0.4) is 0 Å². The van der Waals surface area contributed by atoms with Crippen molar-refractivity contribution >= 4 is 5.97 Å². The minimum absolute atomic E-state index is 0.00914. The summed E-state index contributed by atoms with van der Waals surface area (Å²) in [5, 5.41) is 0. The summed E-state index contributed by atoms with van der Waals surface area (Å²) < 4.78 is 11.4. The molecule has 0 N–H and O–H groups in total. The number of benzene rings is 1. The fourth-order valence-electron chi connectivity index (χ4n) is 4.42. The van der Waals surface area contributed by atoms with E-state index < -0.39 is 0 Å². The molecule has 2 aliphatic rings. The predicted octanol–water partition coefficient (Wildman–Crippen LogP) is 5.08. The lowest BCUT2D eigenvalue weighted by molar-refractivity contribution is -0.159. The number of methoxy groups -OCH3 is 1. The summed E-state index contributed by atoms with van der Waals surface area (Å²) in [6.07, 6.45) is 4.76. The molecule has 0 amide bonds. The van der Waals surface area contributed by atoms with Crippen molar-refractivity contribution < 1.29 is 14.3 Å². The van der Waals surface area contributed by atoms with E-state index in [-0.39, 0.29) is 22.9 Å². The lowest BCUT2D eigenvalue weighted by Crippen LogP contribution is -2.28. The Morgan fingerprint density at radius 1 is 1.33 bits per heavy atom. The highest BCUT2D eigenvalue weighted by molar-refractivity contribution is 5.82. The molecule has 0 bridgehead atoms. The number of fused-ring (bicyclic) bond motifs is 1. The van der Waals surface area contributed by atoms with Crippen LogP contribution >= 0.6 is 0 Å². The Balaban J connectivity index is 1.79. The van der Waals surface area contributed by atoms with E-state index in [1.54, 1.807) is 7.11 Å². The van der Waals surface area contributed by atoms with Gasteiger partial charge in [-0.3, -0.25) is 4.79 Å². The molecule has 1 fully saturated rings. The van der Waals surface area contributed by atoms with Crippen LogP contribution in [0.4, 0.5) is 0 Å². The molecule has 2 unspecified atom stereocenters. The highest BCUT2D eigenvalue weighted by atomic mass is 16.5. The third-order valence-corrected chi connectivity index (χ3v) is 5.92. The Morgan fingerprint density at radius 2 is 2.04 bits per heavy atom. The van der Waals surface area contributed by atoms with Crippen LogP contribution in [0.5, 0.6) is 5.75 Å². The van der Waals surface area contributed by atoms with Gasteiger partial charge in [-0.2, -0.15) is 0 Å². The summed E-state index contributed by atoms with van der Waals surface area (Å²) in [6.45, 7) is 8.75. The van der Waals surface area contributed by atoms with Crippen LogP contribution < -0.4 is 4.74 Å². The average Bonchev–Trinajstić information content (AvgIpc) is 3.08. The van der Waals surface area contributed by atoms with E-state index >= 15 is 0 Å². The largest absolute Gasteiger partial charge is 0.497 e. The highest BCUT2D eigenvalue weighted by Gasteiger charge is 2.67. The van der Waals surface area contributed by atoms with E-state index in [1.807, 2.05) is 6.07 Å². The summed E-state index contributed by atoms with van der Waals surface area (Å²) in [5.41, 5.74) is 2.19. The minimum Gasteiger partial charge on any atom is -0.497 e. The third kappa shape index (κ3) is 2.94. The summed E-state index contributed by atoms with van der Waals surface area (Å²) in [6, 6.07) is 6.12. The van der Waals surface area contributed by atoms with Crippen molar-refractivity contribution in [2.75, 3.05) is 7.11 Å². The highest BCUT2D eigenvalue weighted by Crippen LogP contribution is 2.67. The van der Waals surface area contributed by atoms with Crippen molar-refractivity contribution in [1.29, 1.82) is 0 Å². The summed E-state index contributed by atoms with van der Waals surface area (Å²) in [5.74, 6) is 1.39. The van der Waals surface area contributed by atoms with Crippen LogP contribution in [0.1, 0.15) is 70.6 Å². The fraction of sp³-hybridized carbons (Fsp3) is 0.667. The number of hydrogen-bond acceptors (Lipinski definition) is 3. The normalized spacial score (nSPS) is 27.5. The van der Waals surface area contributed by atoms with Crippen molar-refractivity contribution in [1.82, 2.24) is 0 Å². The quantitative estimate of drug-likeness (QED) is 0.706. The third-order valence-electron chi connectivity index (χ3n) is 5.92. The molecule has 1 aromatic carbocycles. The Labute approximate surface area is 145 Å². The first-order chi connectivity index (χ1) is 11.3. The van der Waals surface area contributed by atoms with Crippen molar-refractivity contribution in [2.24, 2.45) is 16.7 Å². The Kier molecular flexibility index (Phi) is 4.39. The molecule has 3 heteroatoms. The van der Waals surface area contributed by atoms with Crippen molar-refractivity contribution in [3.05, 3.63) is 29.3 Å². The molecule has 2 atom stereocenters. The van der Waals surface area contributed by atoms with Crippen LogP contribution in [0.2, 0.25) is 0 Å². The fourth-order valence-corrected chi connectivity index (χ4v) is 4.42. The van der Waals surface area contributed by atoms with Gasteiger partial charge in [0.05, 0.1) is 12.5 Å². The molecule has 132 valence electrons. The van der Waals surface area contributed by atoms with Gasteiger partial charge in [-0.1, -0.05) is 33.8 Å². The Hall–Kier alpha value is -1.51. The molecular formula is C21H30O3. The number of aryl methyl sites for hydroxylation is 1. The first-order valence-corrected chi connectivity index (χ1v) is 9.17. The van der Waals surface area contributed by atoms with Crippen LogP contribution in [0.25, 0.3) is 0 Å². The minimum atomic E-state index is -0.286. The first kappa shape index (κ1) is 17.3. The number of rotatable bonds is 5. The summed E-state index contributed by atoms with van der Waals surface area (Å²) in [4.78, 5) is 13.0. The monoisotopic (exact) mass is 330 g/mol. The van der Waals surface area contributed by atoms with Gasteiger partial charge in [-0.15, -0.1) is 0 Å². The number of carbonyl (C=O) groups is 1. The Morgan fingerprint density at radius 3 is 2.62 bits per heavy atom. The van der Waals surface area contributed by atoms with Gasteiger partial charge in [-0.25, -0.2) is 0 Å². The molecular weight excluding hydrogens is 300 g/mol. The van der Waals surface area contributed by atoms with Gasteiger partial charge in [0.15, 0.2) is 0 Å². The molecule has 0 aliphatic heterocycles. The van der Waals surface area contributed by atoms with Crippen LogP contribution in [0.15, 0.2) is 18.2 Å². The number of hydrogen-bond donors (Lipinski definition) is 0. The molecule has 1 aromatic rings. The molecule has 2 aliphatic carbocycles. The van der Waals surface area contributed by atoms with Gasteiger partial charge in [0.2, 0.25) is 0 Å². The van der Waals surface area contributed by atoms with Crippen molar-refractivity contribution in [3.63, 3.8) is 0 Å². The maximum atomic E-state index is 13.0. The molecule has 0 radical (unpaired) electrons. The smallest absolute Gasteiger partial charge is 0.313 e. The van der Waals surface area contributed by atoms with Crippen LogP contribution in [-0.2, 0) is 16.0 Å². The van der Waals surface area contributed by atoms with Gasteiger partial charge in [-0.05, 0) is 66.7 Å². The van der Waals surface area contributed by atoms with Gasteiger partial charge in [0.1, 0.15) is 11.9 Å². The van der Waals surface area contributed by atoms with Gasteiger partial charge in [0, 0.05) is 0 Å². The van der Waals surface area contributed by atoms with E-state index in [2.05, 4.69) is 39.8 Å². The lowest BCUT2D eigenvalue weighted by Gasteiger charge is -2.29. The standard InChI is InChI=1S/C21H30O3/c1-14(2)12-21(13-20(21,3)4)19(22)24-18-8-6-7-15-11-16(23-5)9-10-17(15)18/h9-11,14,18H,6-8,12-13H2,1-5H3. The number of ether oxygens (including phenoxy) is 2. The summed E-state index contributed by atoms with van der Waals surface area (Å²) in [7, 11) is 1.69. The lowest BCUT2D eigenvalue weighted by atomic mass is 9.86. The maximum Gasteiger partial charge on any atom is 0.313 e. The van der Waals surface area contributed by atoms with Crippen molar-refractivity contribution in [2.45, 2.75) is 65.9 Å². The SMILES string of the molecule is COc1ccc2c(c1)CCCC2OC(=O)C1(CC(C)C)CC1(C)C. The second kappa shape index (κ2) is 6.09. The Bertz CT molecular complexity index is 632. The first-order valence-electron chi connectivity index (χ1n) is 9.17. The van der Waals surface area contributed by atoms with Gasteiger partial charge in [0.25, 0.3) is 0 Å². The van der Waals surface area contributed by atoms with Gasteiger partial charge < -0.3 is 9.47 Å². The molecule has 0 spiro atoms. The number of carbonyl (C=O) groups excluding carboxylic acids is 1. The molecule has 24 heavy (non-hydrogen) atoms. The molecule has 0 aromatic heterocycles. The molecule has 0 saturated heterocycles. The summed E-state index contributed by atoms with van der Waals surface area (Å²) >= 11 is 0. The zero-order chi connectivity index (χ0) is 17.5. The second-order valence-electron chi connectivity index (χ2n) is 8.59. The molecule has 0 heterocycles. The van der Waals surface area contributed by atoms with Crippen molar-refractivity contribution in [3.8, 4) is 5.75 Å². The molecule has 3 nitrogen and oxygen atoms in total. The number of esters is 1. The second-order valence-corrected chi connectivity index (χ2v) is 8.59. The van der Waals surface area contributed by atoms with Gasteiger partial charge >= 0.3 is 5.97 Å². The van der Waals surface area contributed by atoms with E-state index in [1.165, 1.54) is 5.56 Å². The average molecular weight is 330 g/mol. The molecule has 1 saturated carbocycles. The van der Waals surface area contributed by atoms with E-state index in [0.717, 1.165) is 43.4 Å². The predicted molar refractivity (Wildman–Crippen MR) is 95.1 cm³/mol. The zero-order valence-electron chi connectivity index (χ0n) is 15.6. The van der Waals surface area contributed by atoms with E-state index in [9.17, 15) is 4.79 Å². The van der Waals surface area contributed by atoms with Crippen LogP contribution in [0, 0.1) is 16.7 Å². The van der Waals surface area contributed by atoms with E-state index in [0.29, 0.717) is 5.92 Å². The zero-order valence-corrected chi connectivity index (χ0v) is 15.6. The topological polar surface area (TPSA) is 35.5 Å². The molecule has 3 rings (SSSR count). The van der Waals surface area contributed by atoms with E-state index in [4.69, 9.17) is 9.47 Å². The van der Waals surface area contributed by atoms with Crippen LogP contribution in [-0.4, -0.2) is 13.1 Å². The maximum absolute atomic E-state index is 13.0.